The summed E-state index contributed by atoms with van der Waals surface area (Å²) in [6.07, 6.45) is 0.805. The first-order valence-corrected chi connectivity index (χ1v) is 6.00. The van der Waals surface area contributed by atoms with Crippen LogP contribution in [0.4, 0.5) is 5.69 Å². The molecule has 1 aromatic carbocycles. The standard InChI is InChI=1S/C12H16N2O4/c1-2-6-17-10-4-3-5-11(12(10)14(15)16)18-9-7-13-8-9/h3-5,9,13H,2,6-8H2,1H3. The van der Waals surface area contributed by atoms with Gasteiger partial charge in [-0.1, -0.05) is 13.0 Å². The molecule has 1 aromatic rings. The molecule has 6 nitrogen and oxygen atoms in total. The largest absolute Gasteiger partial charge is 0.487 e. The van der Waals surface area contributed by atoms with Gasteiger partial charge in [0.1, 0.15) is 6.10 Å². The van der Waals surface area contributed by atoms with E-state index in [1.165, 1.54) is 0 Å². The van der Waals surface area contributed by atoms with Gasteiger partial charge in [0.25, 0.3) is 0 Å². The molecule has 1 heterocycles. The van der Waals surface area contributed by atoms with Gasteiger partial charge < -0.3 is 14.8 Å². The van der Waals surface area contributed by atoms with Crippen molar-refractivity contribution in [2.45, 2.75) is 19.4 Å². The molecule has 6 heteroatoms. The Balaban J connectivity index is 2.23. The highest BCUT2D eigenvalue weighted by Crippen LogP contribution is 2.37. The van der Waals surface area contributed by atoms with E-state index >= 15 is 0 Å². The van der Waals surface area contributed by atoms with Gasteiger partial charge in [-0.3, -0.25) is 10.1 Å². The van der Waals surface area contributed by atoms with E-state index in [1.54, 1.807) is 18.2 Å². The number of nitrogens with zero attached hydrogens (tertiary/aromatic N) is 1. The fourth-order valence-electron chi connectivity index (χ4n) is 1.63. The average Bonchev–Trinajstić information content (AvgIpc) is 2.30. The Hall–Kier alpha value is -1.82. The summed E-state index contributed by atoms with van der Waals surface area (Å²) in [5, 5.41) is 14.2. The highest BCUT2D eigenvalue weighted by atomic mass is 16.6. The average molecular weight is 252 g/mol. The second kappa shape index (κ2) is 5.68. The van der Waals surface area contributed by atoms with Crippen LogP contribution < -0.4 is 14.8 Å². The smallest absolute Gasteiger partial charge is 0.352 e. The molecule has 0 bridgehead atoms. The number of nitro benzene ring substituents is 1. The molecule has 98 valence electrons. The van der Waals surface area contributed by atoms with Crippen molar-refractivity contribution >= 4 is 5.69 Å². The number of para-hydroxylation sites is 1. The van der Waals surface area contributed by atoms with Crippen molar-refractivity contribution in [1.29, 1.82) is 0 Å². The zero-order chi connectivity index (χ0) is 13.0. The molecule has 1 N–H and O–H groups in total. The fourth-order valence-corrected chi connectivity index (χ4v) is 1.63. The van der Waals surface area contributed by atoms with E-state index in [1.807, 2.05) is 6.92 Å². The van der Waals surface area contributed by atoms with Gasteiger partial charge >= 0.3 is 5.69 Å². The summed E-state index contributed by atoms with van der Waals surface area (Å²) >= 11 is 0. The Morgan fingerprint density at radius 3 is 2.72 bits per heavy atom. The van der Waals surface area contributed by atoms with Crippen molar-refractivity contribution in [1.82, 2.24) is 5.32 Å². The molecular weight excluding hydrogens is 236 g/mol. The first kappa shape index (κ1) is 12.6. The molecule has 0 aromatic heterocycles. The van der Waals surface area contributed by atoms with E-state index in [9.17, 15) is 10.1 Å². The van der Waals surface area contributed by atoms with E-state index < -0.39 is 4.92 Å². The van der Waals surface area contributed by atoms with Crippen LogP contribution in [-0.2, 0) is 0 Å². The van der Waals surface area contributed by atoms with Gasteiger partial charge in [0.05, 0.1) is 11.5 Å². The minimum Gasteiger partial charge on any atom is -0.487 e. The van der Waals surface area contributed by atoms with Crippen LogP contribution in [-0.4, -0.2) is 30.7 Å². The lowest BCUT2D eigenvalue weighted by molar-refractivity contribution is -0.387. The van der Waals surface area contributed by atoms with Gasteiger partial charge in [0.2, 0.25) is 11.5 Å². The number of nitrogens with one attached hydrogen (secondary N) is 1. The molecule has 1 aliphatic heterocycles. The lowest BCUT2D eigenvalue weighted by Gasteiger charge is -2.27. The zero-order valence-corrected chi connectivity index (χ0v) is 10.2. The molecule has 1 fully saturated rings. The summed E-state index contributed by atoms with van der Waals surface area (Å²) in [4.78, 5) is 10.7. The number of ether oxygens (including phenoxy) is 2. The lowest BCUT2D eigenvalue weighted by Crippen LogP contribution is -2.50. The highest BCUT2D eigenvalue weighted by Gasteiger charge is 2.26. The first-order valence-electron chi connectivity index (χ1n) is 6.00. The van der Waals surface area contributed by atoms with Gasteiger partial charge in [-0.2, -0.15) is 0 Å². The molecule has 0 aliphatic carbocycles. The van der Waals surface area contributed by atoms with Gasteiger partial charge in [0.15, 0.2) is 0 Å². The minimum absolute atomic E-state index is 0.00475. The van der Waals surface area contributed by atoms with Gasteiger partial charge in [-0.15, -0.1) is 0 Å². The quantitative estimate of drug-likeness (QED) is 0.616. The van der Waals surface area contributed by atoms with E-state index in [4.69, 9.17) is 9.47 Å². The molecule has 0 spiro atoms. The summed E-state index contributed by atoms with van der Waals surface area (Å²) in [6, 6.07) is 4.91. The van der Waals surface area contributed by atoms with E-state index in [0.29, 0.717) is 6.61 Å². The van der Waals surface area contributed by atoms with Crippen molar-refractivity contribution < 1.29 is 14.4 Å². The summed E-state index contributed by atoms with van der Waals surface area (Å²) in [6.45, 7) is 3.84. The van der Waals surface area contributed by atoms with E-state index in [0.717, 1.165) is 19.5 Å². The lowest BCUT2D eigenvalue weighted by atomic mass is 10.2. The Morgan fingerprint density at radius 2 is 2.17 bits per heavy atom. The van der Waals surface area contributed by atoms with Crippen LogP contribution in [0.3, 0.4) is 0 Å². The molecule has 0 radical (unpaired) electrons. The molecule has 0 saturated carbocycles. The highest BCUT2D eigenvalue weighted by molar-refractivity contribution is 5.57. The van der Waals surface area contributed by atoms with Crippen LogP contribution in [0.15, 0.2) is 18.2 Å². The molecule has 1 aliphatic rings. The summed E-state index contributed by atoms with van der Waals surface area (Å²) < 4.78 is 11.0. The molecule has 1 saturated heterocycles. The van der Waals surface area contributed by atoms with Crippen molar-refractivity contribution in [3.05, 3.63) is 28.3 Å². The molecule has 2 rings (SSSR count). The summed E-state index contributed by atoms with van der Waals surface area (Å²) in [7, 11) is 0. The van der Waals surface area contributed by atoms with Crippen LogP contribution in [0.2, 0.25) is 0 Å². The fraction of sp³-hybridized carbons (Fsp3) is 0.500. The number of hydrogen-bond donors (Lipinski definition) is 1. The number of nitro groups is 1. The minimum atomic E-state index is -0.452. The van der Waals surface area contributed by atoms with Crippen molar-refractivity contribution in [2.75, 3.05) is 19.7 Å². The Bertz CT molecular complexity index is 432. The maximum Gasteiger partial charge on any atom is 0.352 e. The molecule has 0 unspecified atom stereocenters. The van der Waals surface area contributed by atoms with Crippen LogP contribution in [0.25, 0.3) is 0 Å². The Morgan fingerprint density at radius 1 is 1.44 bits per heavy atom. The normalized spacial score (nSPS) is 14.9. The predicted octanol–water partition coefficient (Wildman–Crippen LogP) is 1.73. The summed E-state index contributed by atoms with van der Waals surface area (Å²) in [5.74, 6) is 0.548. The molecule has 0 atom stereocenters. The zero-order valence-electron chi connectivity index (χ0n) is 10.2. The third-order valence-electron chi connectivity index (χ3n) is 2.64. The maximum atomic E-state index is 11.1. The second-order valence-electron chi connectivity index (χ2n) is 4.11. The van der Waals surface area contributed by atoms with Crippen LogP contribution in [0.1, 0.15) is 13.3 Å². The van der Waals surface area contributed by atoms with E-state index in [2.05, 4.69) is 5.32 Å². The van der Waals surface area contributed by atoms with Gasteiger partial charge in [-0.05, 0) is 18.6 Å². The molecular formula is C12H16N2O4. The van der Waals surface area contributed by atoms with Gasteiger partial charge in [-0.25, -0.2) is 0 Å². The Labute approximate surface area is 105 Å². The summed E-state index contributed by atoms with van der Waals surface area (Å²) in [5.41, 5.74) is -0.0853. The first-order chi connectivity index (χ1) is 8.72. The van der Waals surface area contributed by atoms with Crippen molar-refractivity contribution in [3.8, 4) is 11.5 Å². The topological polar surface area (TPSA) is 73.6 Å². The monoisotopic (exact) mass is 252 g/mol. The Kier molecular flexibility index (Phi) is 3.99. The third-order valence-corrected chi connectivity index (χ3v) is 2.64. The van der Waals surface area contributed by atoms with Crippen molar-refractivity contribution in [3.63, 3.8) is 0 Å². The number of hydrogen-bond acceptors (Lipinski definition) is 5. The second-order valence-corrected chi connectivity index (χ2v) is 4.11. The molecule has 18 heavy (non-hydrogen) atoms. The van der Waals surface area contributed by atoms with Crippen LogP contribution in [0, 0.1) is 10.1 Å². The maximum absolute atomic E-state index is 11.1. The molecule has 0 amide bonds. The van der Waals surface area contributed by atoms with Crippen LogP contribution in [0.5, 0.6) is 11.5 Å². The predicted molar refractivity (Wildman–Crippen MR) is 66.2 cm³/mol. The number of rotatable bonds is 6. The van der Waals surface area contributed by atoms with Crippen molar-refractivity contribution in [2.24, 2.45) is 0 Å². The number of benzene rings is 1. The SMILES string of the molecule is CCCOc1cccc(OC2CNC2)c1[N+](=O)[O-]. The van der Waals surface area contributed by atoms with E-state index in [-0.39, 0.29) is 23.3 Å². The van der Waals surface area contributed by atoms with Gasteiger partial charge in [0, 0.05) is 13.1 Å². The third kappa shape index (κ3) is 2.70. The van der Waals surface area contributed by atoms with Crippen LogP contribution >= 0.6 is 0 Å².